The van der Waals surface area contributed by atoms with Gasteiger partial charge in [0.25, 0.3) is 0 Å². The van der Waals surface area contributed by atoms with Crippen LogP contribution in [0.2, 0.25) is 10.0 Å². The van der Waals surface area contributed by atoms with Crippen LogP contribution in [0, 0.1) is 5.82 Å². The van der Waals surface area contributed by atoms with E-state index in [0.717, 1.165) is 12.1 Å². The molecule has 0 aliphatic rings. The number of rotatable bonds is 2. The van der Waals surface area contributed by atoms with Gasteiger partial charge in [0.2, 0.25) is 0 Å². The highest BCUT2D eigenvalue weighted by molar-refractivity contribution is 6.35. The fourth-order valence-electron chi connectivity index (χ4n) is 0.885. The van der Waals surface area contributed by atoms with Gasteiger partial charge in [-0.3, -0.25) is 0 Å². The Balaban J connectivity index is 3.24. The van der Waals surface area contributed by atoms with Crippen LogP contribution in [-0.4, -0.2) is 16.2 Å². The van der Waals surface area contributed by atoms with Crippen LogP contribution in [0.4, 0.5) is 4.39 Å². The van der Waals surface area contributed by atoms with Crippen molar-refractivity contribution >= 4 is 29.2 Å². The molecule has 0 amide bonds. The number of hydrogen-bond acceptors (Lipinski definition) is 2. The molecule has 0 radical (unpaired) electrons. The second-order valence-corrected chi connectivity index (χ2v) is 3.29. The lowest BCUT2D eigenvalue weighted by molar-refractivity contribution is -0.146. The maximum Gasteiger partial charge on any atom is 0.337 e. The van der Waals surface area contributed by atoms with E-state index in [1.807, 2.05) is 0 Å². The molecule has 76 valence electrons. The standard InChI is InChI=1S/C8H5Cl2FO3/c9-4-2-1-3(5(10)6(4)11)7(12)8(13)14/h1-2,7,12H,(H,13,14)/t7-/m1/s1. The molecule has 0 spiro atoms. The Morgan fingerprint density at radius 3 is 2.50 bits per heavy atom. The zero-order chi connectivity index (χ0) is 10.9. The topological polar surface area (TPSA) is 57.5 Å². The van der Waals surface area contributed by atoms with Crippen LogP contribution < -0.4 is 0 Å². The minimum atomic E-state index is -1.85. The fraction of sp³-hybridized carbons (Fsp3) is 0.125. The van der Waals surface area contributed by atoms with Crippen LogP contribution in [0.1, 0.15) is 11.7 Å². The van der Waals surface area contributed by atoms with Crippen LogP contribution in [0.15, 0.2) is 12.1 Å². The summed E-state index contributed by atoms with van der Waals surface area (Å²) in [5, 5.41) is 16.9. The van der Waals surface area contributed by atoms with Crippen LogP contribution in [0.25, 0.3) is 0 Å². The molecule has 3 nitrogen and oxygen atoms in total. The lowest BCUT2D eigenvalue weighted by Gasteiger charge is -2.08. The summed E-state index contributed by atoms with van der Waals surface area (Å²) in [7, 11) is 0. The Morgan fingerprint density at radius 2 is 2.00 bits per heavy atom. The Kier molecular flexibility index (Phi) is 3.31. The third kappa shape index (κ3) is 1.97. The van der Waals surface area contributed by atoms with E-state index in [1.54, 1.807) is 0 Å². The normalized spacial score (nSPS) is 12.6. The molecule has 6 heteroatoms. The van der Waals surface area contributed by atoms with Crippen molar-refractivity contribution in [3.8, 4) is 0 Å². The molecule has 2 N–H and O–H groups in total. The molecule has 1 aromatic carbocycles. The number of aliphatic hydroxyl groups is 1. The third-order valence-corrected chi connectivity index (χ3v) is 2.27. The van der Waals surface area contributed by atoms with Crippen LogP contribution in [-0.2, 0) is 4.79 Å². The zero-order valence-electron chi connectivity index (χ0n) is 6.67. The van der Waals surface area contributed by atoms with Crippen molar-refractivity contribution in [3.63, 3.8) is 0 Å². The summed E-state index contributed by atoms with van der Waals surface area (Å²) in [6, 6.07) is 2.29. The molecule has 0 saturated carbocycles. The minimum Gasteiger partial charge on any atom is -0.479 e. The first-order valence-corrected chi connectivity index (χ1v) is 4.25. The maximum absolute atomic E-state index is 13.0. The molecule has 0 bridgehead atoms. The summed E-state index contributed by atoms with van der Waals surface area (Å²) in [6.45, 7) is 0. The SMILES string of the molecule is O=C(O)[C@H](O)c1ccc(Cl)c(F)c1Cl. The highest BCUT2D eigenvalue weighted by atomic mass is 35.5. The molecule has 0 saturated heterocycles. The van der Waals surface area contributed by atoms with Gasteiger partial charge >= 0.3 is 5.97 Å². The average molecular weight is 239 g/mol. The lowest BCUT2D eigenvalue weighted by Crippen LogP contribution is -2.11. The van der Waals surface area contributed by atoms with Gasteiger partial charge in [0, 0.05) is 5.56 Å². The number of carboxylic acid groups (broad SMARTS) is 1. The summed E-state index contributed by atoms with van der Waals surface area (Å²) in [6.07, 6.45) is -1.85. The highest BCUT2D eigenvalue weighted by Gasteiger charge is 2.21. The summed E-state index contributed by atoms with van der Waals surface area (Å²) < 4.78 is 13.0. The maximum atomic E-state index is 13.0. The largest absolute Gasteiger partial charge is 0.479 e. The van der Waals surface area contributed by atoms with E-state index < -0.39 is 22.9 Å². The number of carbonyl (C=O) groups is 1. The molecule has 0 unspecified atom stereocenters. The van der Waals surface area contributed by atoms with E-state index in [4.69, 9.17) is 33.4 Å². The first-order chi connectivity index (χ1) is 6.45. The number of aliphatic hydroxyl groups excluding tert-OH is 1. The van der Waals surface area contributed by atoms with Crippen molar-refractivity contribution in [2.45, 2.75) is 6.10 Å². The predicted octanol–water partition coefficient (Wildman–Crippen LogP) is 2.25. The van der Waals surface area contributed by atoms with E-state index in [0.29, 0.717) is 0 Å². The Hall–Kier alpha value is -0.840. The van der Waals surface area contributed by atoms with Crippen molar-refractivity contribution in [1.82, 2.24) is 0 Å². The van der Waals surface area contributed by atoms with Gasteiger partial charge in [-0.1, -0.05) is 29.3 Å². The summed E-state index contributed by atoms with van der Waals surface area (Å²) in [4.78, 5) is 10.4. The van der Waals surface area contributed by atoms with E-state index in [2.05, 4.69) is 0 Å². The molecule has 0 aliphatic carbocycles. The van der Waals surface area contributed by atoms with Crippen molar-refractivity contribution < 1.29 is 19.4 Å². The predicted molar refractivity (Wildman–Crippen MR) is 49.0 cm³/mol. The molecule has 0 aromatic heterocycles. The summed E-state index contributed by atoms with van der Waals surface area (Å²) >= 11 is 10.8. The molecular formula is C8H5Cl2FO3. The quantitative estimate of drug-likeness (QED) is 0.778. The van der Waals surface area contributed by atoms with Gasteiger partial charge in [-0.05, 0) is 6.07 Å². The molecule has 0 fully saturated rings. The number of halogens is 3. The molecule has 1 rings (SSSR count). The van der Waals surface area contributed by atoms with Crippen LogP contribution >= 0.6 is 23.2 Å². The van der Waals surface area contributed by atoms with Gasteiger partial charge < -0.3 is 10.2 Å². The molecule has 0 aliphatic heterocycles. The Morgan fingerprint density at radius 1 is 1.43 bits per heavy atom. The number of benzene rings is 1. The highest BCUT2D eigenvalue weighted by Crippen LogP contribution is 2.30. The van der Waals surface area contributed by atoms with Crippen LogP contribution in [0.5, 0.6) is 0 Å². The van der Waals surface area contributed by atoms with Gasteiger partial charge in [0.15, 0.2) is 11.9 Å². The van der Waals surface area contributed by atoms with Crippen molar-refractivity contribution in [1.29, 1.82) is 0 Å². The molecule has 0 heterocycles. The van der Waals surface area contributed by atoms with E-state index in [1.165, 1.54) is 0 Å². The van der Waals surface area contributed by atoms with Crippen molar-refractivity contribution in [2.24, 2.45) is 0 Å². The van der Waals surface area contributed by atoms with Gasteiger partial charge in [-0.25, -0.2) is 9.18 Å². The van der Waals surface area contributed by atoms with Crippen molar-refractivity contribution in [2.75, 3.05) is 0 Å². The second kappa shape index (κ2) is 4.13. The monoisotopic (exact) mass is 238 g/mol. The third-order valence-electron chi connectivity index (χ3n) is 1.59. The molecule has 1 aromatic rings. The van der Waals surface area contributed by atoms with Gasteiger partial charge in [0.05, 0.1) is 10.0 Å². The number of carboxylic acids is 1. The second-order valence-electron chi connectivity index (χ2n) is 2.51. The fourth-order valence-corrected chi connectivity index (χ4v) is 1.36. The summed E-state index contributed by atoms with van der Waals surface area (Å²) in [5.41, 5.74) is -0.221. The van der Waals surface area contributed by atoms with E-state index in [9.17, 15) is 9.18 Å². The Labute approximate surface area is 88.7 Å². The Bertz CT molecular complexity index is 381. The molecule has 1 atom stereocenters. The van der Waals surface area contributed by atoms with E-state index in [-0.39, 0.29) is 10.6 Å². The van der Waals surface area contributed by atoms with E-state index >= 15 is 0 Å². The smallest absolute Gasteiger partial charge is 0.337 e. The molecular weight excluding hydrogens is 234 g/mol. The number of hydrogen-bond donors (Lipinski definition) is 2. The van der Waals surface area contributed by atoms with Crippen molar-refractivity contribution in [3.05, 3.63) is 33.6 Å². The van der Waals surface area contributed by atoms with Gasteiger partial charge in [-0.15, -0.1) is 0 Å². The molecule has 14 heavy (non-hydrogen) atoms. The summed E-state index contributed by atoms with van der Waals surface area (Å²) in [5.74, 6) is -2.44. The first kappa shape index (κ1) is 11.2. The average Bonchev–Trinajstić information content (AvgIpc) is 2.13. The first-order valence-electron chi connectivity index (χ1n) is 3.49. The lowest BCUT2D eigenvalue weighted by atomic mass is 10.1. The zero-order valence-corrected chi connectivity index (χ0v) is 8.18. The number of aliphatic carboxylic acids is 1. The van der Waals surface area contributed by atoms with Gasteiger partial charge in [0.1, 0.15) is 0 Å². The van der Waals surface area contributed by atoms with Crippen LogP contribution in [0.3, 0.4) is 0 Å². The van der Waals surface area contributed by atoms with Gasteiger partial charge in [-0.2, -0.15) is 0 Å². The minimum absolute atomic E-state index is 0.221.